The third-order valence-electron chi connectivity index (χ3n) is 4.92. The minimum absolute atomic E-state index is 0.0355. The molecule has 1 unspecified atom stereocenters. The average molecular weight is 426 g/mol. The largest absolute Gasteiger partial charge is 0.490 e. The van der Waals surface area contributed by atoms with E-state index in [1.165, 1.54) is 5.56 Å². The van der Waals surface area contributed by atoms with E-state index >= 15 is 0 Å². The molecule has 2 heterocycles. The molecule has 0 amide bonds. The Morgan fingerprint density at radius 3 is 2.55 bits per heavy atom. The summed E-state index contributed by atoms with van der Waals surface area (Å²) >= 11 is 0. The SMILES string of the molecule is CCc1cc(-c2noc(-c3cc(CC(C)C)cc(C)n3)n2)cc(C)c1OCC(O)CO. The molecule has 0 aliphatic rings. The number of benzene rings is 1. The molecule has 2 aromatic heterocycles. The maximum atomic E-state index is 9.59. The topological polar surface area (TPSA) is 102 Å². The molecule has 0 radical (unpaired) electrons. The van der Waals surface area contributed by atoms with Gasteiger partial charge in [0.15, 0.2) is 0 Å². The summed E-state index contributed by atoms with van der Waals surface area (Å²) in [7, 11) is 0. The van der Waals surface area contributed by atoms with Gasteiger partial charge in [0.2, 0.25) is 5.82 Å². The molecule has 1 atom stereocenters. The van der Waals surface area contributed by atoms with Gasteiger partial charge in [-0.15, -0.1) is 0 Å². The lowest BCUT2D eigenvalue weighted by molar-refractivity contribution is 0.0531. The van der Waals surface area contributed by atoms with Crippen LogP contribution >= 0.6 is 0 Å². The average Bonchev–Trinajstić information content (AvgIpc) is 3.21. The number of ether oxygens (including phenoxy) is 1. The van der Waals surface area contributed by atoms with Gasteiger partial charge >= 0.3 is 0 Å². The normalized spacial score (nSPS) is 12.4. The zero-order valence-electron chi connectivity index (χ0n) is 18.8. The minimum Gasteiger partial charge on any atom is -0.490 e. The second-order valence-electron chi connectivity index (χ2n) is 8.31. The van der Waals surface area contributed by atoms with Crippen molar-refractivity contribution in [3.63, 3.8) is 0 Å². The minimum atomic E-state index is -0.911. The number of hydrogen-bond donors (Lipinski definition) is 2. The van der Waals surface area contributed by atoms with Crippen molar-refractivity contribution in [1.29, 1.82) is 0 Å². The van der Waals surface area contributed by atoms with Gasteiger partial charge < -0.3 is 19.5 Å². The van der Waals surface area contributed by atoms with E-state index in [0.717, 1.165) is 35.2 Å². The fraction of sp³-hybridized carbons (Fsp3) is 0.458. The fourth-order valence-electron chi connectivity index (χ4n) is 3.56. The molecule has 166 valence electrons. The molecular weight excluding hydrogens is 394 g/mol. The Hall–Kier alpha value is -2.77. The molecule has 3 rings (SSSR count). The van der Waals surface area contributed by atoms with Gasteiger partial charge in [-0.2, -0.15) is 4.98 Å². The van der Waals surface area contributed by atoms with Gasteiger partial charge in [-0.1, -0.05) is 25.9 Å². The fourth-order valence-corrected chi connectivity index (χ4v) is 3.56. The lowest BCUT2D eigenvalue weighted by Gasteiger charge is -2.16. The second-order valence-corrected chi connectivity index (χ2v) is 8.31. The summed E-state index contributed by atoms with van der Waals surface area (Å²) in [6.07, 6.45) is 0.788. The van der Waals surface area contributed by atoms with Crippen LogP contribution in [0.4, 0.5) is 0 Å². The number of aliphatic hydroxyl groups excluding tert-OH is 2. The first kappa shape index (κ1) is 22.9. The molecule has 3 aromatic rings. The number of aromatic nitrogens is 3. The Bertz CT molecular complexity index is 1030. The van der Waals surface area contributed by atoms with E-state index in [0.29, 0.717) is 29.1 Å². The smallest absolute Gasteiger partial charge is 0.276 e. The predicted molar refractivity (Wildman–Crippen MR) is 119 cm³/mol. The second kappa shape index (κ2) is 10.0. The Morgan fingerprint density at radius 2 is 1.87 bits per heavy atom. The van der Waals surface area contributed by atoms with Crippen LogP contribution in [0.15, 0.2) is 28.8 Å². The highest BCUT2D eigenvalue weighted by Crippen LogP contribution is 2.31. The summed E-state index contributed by atoms with van der Waals surface area (Å²) in [4.78, 5) is 9.16. The van der Waals surface area contributed by atoms with Gasteiger partial charge in [0.05, 0.1) is 6.61 Å². The van der Waals surface area contributed by atoms with E-state index in [2.05, 4.69) is 35.0 Å². The lowest BCUT2D eigenvalue weighted by atomic mass is 10.0. The van der Waals surface area contributed by atoms with Crippen LogP contribution in [0.25, 0.3) is 23.0 Å². The molecular formula is C24H31N3O4. The number of nitrogens with zero attached hydrogens (tertiary/aromatic N) is 3. The summed E-state index contributed by atoms with van der Waals surface area (Å²) in [6, 6.07) is 8.00. The first-order valence-corrected chi connectivity index (χ1v) is 10.7. The van der Waals surface area contributed by atoms with Gasteiger partial charge in [0, 0.05) is 11.3 Å². The van der Waals surface area contributed by atoms with Crippen LogP contribution < -0.4 is 4.74 Å². The van der Waals surface area contributed by atoms with Gasteiger partial charge in [0.1, 0.15) is 24.2 Å². The Labute approximate surface area is 183 Å². The highest BCUT2D eigenvalue weighted by atomic mass is 16.5. The predicted octanol–water partition coefficient (Wildman–Crippen LogP) is 3.91. The van der Waals surface area contributed by atoms with Crippen LogP contribution in [0.3, 0.4) is 0 Å². The third-order valence-corrected chi connectivity index (χ3v) is 4.92. The van der Waals surface area contributed by atoms with Crippen molar-refractivity contribution in [1.82, 2.24) is 15.1 Å². The number of pyridine rings is 1. The molecule has 0 aliphatic carbocycles. The molecule has 31 heavy (non-hydrogen) atoms. The van der Waals surface area contributed by atoms with Crippen molar-refractivity contribution in [2.75, 3.05) is 13.2 Å². The van der Waals surface area contributed by atoms with E-state index in [-0.39, 0.29) is 13.2 Å². The van der Waals surface area contributed by atoms with E-state index in [9.17, 15) is 5.11 Å². The lowest BCUT2D eigenvalue weighted by Crippen LogP contribution is -2.22. The molecule has 0 saturated carbocycles. The number of aliphatic hydroxyl groups is 2. The van der Waals surface area contributed by atoms with E-state index in [4.69, 9.17) is 14.4 Å². The number of hydrogen-bond acceptors (Lipinski definition) is 7. The Balaban J connectivity index is 1.90. The molecule has 0 spiro atoms. The first-order valence-electron chi connectivity index (χ1n) is 10.7. The van der Waals surface area contributed by atoms with Gasteiger partial charge in [-0.3, -0.25) is 0 Å². The van der Waals surface area contributed by atoms with E-state index in [1.54, 1.807) is 0 Å². The monoisotopic (exact) mass is 425 g/mol. The van der Waals surface area contributed by atoms with Crippen molar-refractivity contribution in [3.05, 3.63) is 46.6 Å². The first-order chi connectivity index (χ1) is 14.8. The van der Waals surface area contributed by atoms with Gasteiger partial charge in [0.25, 0.3) is 5.89 Å². The molecule has 7 nitrogen and oxygen atoms in total. The van der Waals surface area contributed by atoms with Crippen molar-refractivity contribution in [2.24, 2.45) is 5.92 Å². The highest BCUT2D eigenvalue weighted by molar-refractivity contribution is 5.63. The molecule has 2 N–H and O–H groups in total. The highest BCUT2D eigenvalue weighted by Gasteiger charge is 2.17. The van der Waals surface area contributed by atoms with Crippen molar-refractivity contribution in [3.8, 4) is 28.7 Å². The number of rotatable bonds is 9. The van der Waals surface area contributed by atoms with Crippen molar-refractivity contribution >= 4 is 0 Å². The maximum Gasteiger partial charge on any atom is 0.276 e. The molecule has 0 saturated heterocycles. The molecule has 0 fully saturated rings. The van der Waals surface area contributed by atoms with E-state index < -0.39 is 6.10 Å². The van der Waals surface area contributed by atoms with Crippen LogP contribution in [0.1, 0.15) is 43.2 Å². The zero-order valence-corrected chi connectivity index (χ0v) is 18.8. The third kappa shape index (κ3) is 5.68. The maximum absolute atomic E-state index is 9.59. The van der Waals surface area contributed by atoms with Crippen molar-refractivity contribution in [2.45, 2.75) is 53.6 Å². The molecule has 7 heteroatoms. The van der Waals surface area contributed by atoms with Gasteiger partial charge in [-0.25, -0.2) is 4.98 Å². The quantitative estimate of drug-likeness (QED) is 0.536. The van der Waals surface area contributed by atoms with Crippen LogP contribution in [0.2, 0.25) is 0 Å². The molecule has 0 bridgehead atoms. The Morgan fingerprint density at radius 1 is 1.10 bits per heavy atom. The van der Waals surface area contributed by atoms with Crippen LogP contribution in [-0.2, 0) is 12.8 Å². The van der Waals surface area contributed by atoms with E-state index in [1.807, 2.05) is 39.0 Å². The van der Waals surface area contributed by atoms with Crippen LogP contribution in [-0.4, -0.2) is 44.7 Å². The molecule has 1 aromatic carbocycles. The van der Waals surface area contributed by atoms with Crippen molar-refractivity contribution < 1.29 is 19.5 Å². The standard InChI is InChI=1S/C24H31N3O4/c1-6-18-11-19(8-15(4)22(18)30-13-20(29)12-28)23-26-24(31-27-23)21-10-17(7-14(2)3)9-16(5)25-21/h8-11,14,20,28-29H,6-7,12-13H2,1-5H3. The zero-order chi connectivity index (χ0) is 22.5. The molecule has 0 aliphatic heterocycles. The summed E-state index contributed by atoms with van der Waals surface area (Å²) in [5, 5.41) is 22.8. The summed E-state index contributed by atoms with van der Waals surface area (Å²) < 4.78 is 11.3. The summed E-state index contributed by atoms with van der Waals surface area (Å²) in [5.74, 6) is 2.14. The summed E-state index contributed by atoms with van der Waals surface area (Å²) in [6.45, 7) is 10.0. The van der Waals surface area contributed by atoms with Crippen LogP contribution in [0, 0.1) is 19.8 Å². The number of aryl methyl sites for hydroxylation is 3. The Kier molecular flexibility index (Phi) is 7.41. The van der Waals surface area contributed by atoms with Crippen LogP contribution in [0.5, 0.6) is 5.75 Å². The van der Waals surface area contributed by atoms with Gasteiger partial charge in [-0.05, 0) is 73.6 Å². The summed E-state index contributed by atoms with van der Waals surface area (Å²) in [5.41, 5.74) is 5.50.